The Hall–Kier alpha value is -3.27. The number of fused-ring (bicyclic) bond motifs is 1. The smallest absolute Gasteiger partial charge is 0.306 e. The van der Waals surface area contributed by atoms with E-state index in [2.05, 4.69) is 15.0 Å². The lowest BCUT2D eigenvalue weighted by molar-refractivity contribution is -0.147. The van der Waals surface area contributed by atoms with Crippen LogP contribution in [0.2, 0.25) is 0 Å². The van der Waals surface area contributed by atoms with Crippen molar-refractivity contribution in [3.05, 3.63) is 30.0 Å². The molecule has 5 N–H and O–H groups in total. The van der Waals surface area contributed by atoms with Gasteiger partial charge in [0.2, 0.25) is 5.95 Å². The number of aromatic nitrogens is 3. The Bertz CT molecular complexity index is 987. The van der Waals surface area contributed by atoms with Gasteiger partial charge in [-0.1, -0.05) is 12.1 Å². The summed E-state index contributed by atoms with van der Waals surface area (Å²) in [5.74, 6) is -1.27. The molecule has 0 fully saturated rings. The molecule has 28 heavy (non-hydrogen) atoms. The van der Waals surface area contributed by atoms with Crippen molar-refractivity contribution >= 4 is 45.3 Å². The van der Waals surface area contributed by atoms with Gasteiger partial charge in [-0.05, 0) is 25.0 Å². The SMILES string of the molecule is Nc1nc(N)c(-c2nc3ccccc3s2)c(CCCOC(=O)CCC(=O)O)n1. The van der Waals surface area contributed by atoms with E-state index in [1.54, 1.807) is 0 Å². The number of thiazole rings is 1. The van der Waals surface area contributed by atoms with E-state index in [9.17, 15) is 9.59 Å². The van der Waals surface area contributed by atoms with Crippen LogP contribution in [0.5, 0.6) is 0 Å². The molecule has 0 bridgehead atoms. The predicted octanol–water partition coefficient (Wildman–Crippen LogP) is 2.26. The summed E-state index contributed by atoms with van der Waals surface area (Å²) >= 11 is 1.49. The van der Waals surface area contributed by atoms with Crippen LogP contribution in [-0.4, -0.2) is 38.6 Å². The fourth-order valence-electron chi connectivity index (χ4n) is 2.65. The van der Waals surface area contributed by atoms with Gasteiger partial charge in [0.25, 0.3) is 0 Å². The number of para-hydroxylation sites is 1. The van der Waals surface area contributed by atoms with Crippen molar-refractivity contribution < 1.29 is 19.4 Å². The van der Waals surface area contributed by atoms with Crippen LogP contribution in [0.1, 0.15) is 25.0 Å². The summed E-state index contributed by atoms with van der Waals surface area (Å²) in [4.78, 5) is 34.9. The van der Waals surface area contributed by atoms with Crippen LogP contribution in [0.3, 0.4) is 0 Å². The lowest BCUT2D eigenvalue weighted by Crippen LogP contribution is -2.10. The number of anilines is 2. The summed E-state index contributed by atoms with van der Waals surface area (Å²) in [6, 6.07) is 7.74. The van der Waals surface area contributed by atoms with Gasteiger partial charge in [0.15, 0.2) is 0 Å². The quantitative estimate of drug-likeness (QED) is 0.381. The van der Waals surface area contributed by atoms with Crippen molar-refractivity contribution in [2.24, 2.45) is 0 Å². The number of aryl methyl sites for hydroxylation is 1. The van der Waals surface area contributed by atoms with Crippen molar-refractivity contribution in [1.82, 2.24) is 15.0 Å². The van der Waals surface area contributed by atoms with Gasteiger partial charge in [0.1, 0.15) is 10.8 Å². The van der Waals surface area contributed by atoms with Crippen molar-refractivity contribution in [3.63, 3.8) is 0 Å². The number of carbonyl (C=O) groups excluding carboxylic acids is 1. The van der Waals surface area contributed by atoms with E-state index in [-0.39, 0.29) is 31.2 Å². The van der Waals surface area contributed by atoms with Crippen LogP contribution < -0.4 is 11.5 Å². The first-order chi connectivity index (χ1) is 13.4. The van der Waals surface area contributed by atoms with Crippen LogP contribution in [0.4, 0.5) is 11.8 Å². The fraction of sp³-hybridized carbons (Fsp3) is 0.278. The normalized spacial score (nSPS) is 10.9. The largest absolute Gasteiger partial charge is 0.481 e. The van der Waals surface area contributed by atoms with E-state index < -0.39 is 11.9 Å². The molecule has 0 amide bonds. The Kier molecular flexibility index (Phi) is 5.99. The number of nitrogen functional groups attached to an aromatic ring is 2. The van der Waals surface area contributed by atoms with E-state index in [0.29, 0.717) is 29.1 Å². The molecule has 0 radical (unpaired) electrons. The second kappa shape index (κ2) is 8.61. The molecule has 1 aromatic carbocycles. The standard InChI is InChI=1S/C18H19N5O4S/c19-16-15(17-21-10-4-1-2-6-12(10)28-17)11(22-18(20)23-16)5-3-9-27-14(26)8-7-13(24)25/h1-2,4,6H,3,5,7-9H2,(H,24,25)(H4,19,20,22,23). The molecule has 0 unspecified atom stereocenters. The number of carboxylic acid groups (broad SMARTS) is 1. The third-order valence-corrected chi connectivity index (χ3v) is 4.95. The second-order valence-electron chi connectivity index (χ2n) is 5.99. The zero-order chi connectivity index (χ0) is 20.1. The van der Waals surface area contributed by atoms with Gasteiger partial charge in [0.05, 0.1) is 40.9 Å². The average Bonchev–Trinajstić information content (AvgIpc) is 3.06. The third kappa shape index (κ3) is 4.71. The summed E-state index contributed by atoms with van der Waals surface area (Å²) in [5, 5.41) is 9.28. The molecule has 3 rings (SSSR count). The highest BCUT2D eigenvalue weighted by Gasteiger charge is 2.17. The Morgan fingerprint density at radius 2 is 1.89 bits per heavy atom. The number of esters is 1. The highest BCUT2D eigenvalue weighted by Crippen LogP contribution is 2.35. The van der Waals surface area contributed by atoms with Gasteiger partial charge >= 0.3 is 11.9 Å². The number of aliphatic carboxylic acids is 1. The molecular formula is C18H19N5O4S. The Morgan fingerprint density at radius 3 is 2.64 bits per heavy atom. The van der Waals surface area contributed by atoms with Crippen LogP contribution in [-0.2, 0) is 20.7 Å². The molecule has 0 aliphatic rings. The van der Waals surface area contributed by atoms with Gasteiger partial charge in [0, 0.05) is 0 Å². The summed E-state index contributed by atoms with van der Waals surface area (Å²) in [6.45, 7) is 0.140. The highest BCUT2D eigenvalue weighted by molar-refractivity contribution is 7.21. The van der Waals surface area contributed by atoms with Gasteiger partial charge < -0.3 is 21.3 Å². The first kappa shape index (κ1) is 19.5. The number of carbonyl (C=O) groups is 2. The first-order valence-electron chi connectivity index (χ1n) is 8.59. The van der Waals surface area contributed by atoms with Gasteiger partial charge in [-0.2, -0.15) is 4.98 Å². The van der Waals surface area contributed by atoms with E-state index in [1.165, 1.54) is 11.3 Å². The number of carboxylic acids is 1. The number of ether oxygens (including phenoxy) is 1. The van der Waals surface area contributed by atoms with E-state index in [0.717, 1.165) is 10.2 Å². The minimum atomic E-state index is -1.04. The molecule has 0 atom stereocenters. The molecule has 9 nitrogen and oxygen atoms in total. The highest BCUT2D eigenvalue weighted by atomic mass is 32.1. The summed E-state index contributed by atoms with van der Waals surface area (Å²) in [7, 11) is 0. The maximum atomic E-state index is 11.5. The van der Waals surface area contributed by atoms with Crippen molar-refractivity contribution in [1.29, 1.82) is 0 Å². The van der Waals surface area contributed by atoms with Gasteiger partial charge in [-0.15, -0.1) is 11.3 Å². The molecule has 2 aromatic heterocycles. The Morgan fingerprint density at radius 1 is 1.11 bits per heavy atom. The number of nitrogens with zero attached hydrogens (tertiary/aromatic N) is 3. The number of hydrogen-bond donors (Lipinski definition) is 3. The number of benzene rings is 1. The molecule has 0 saturated heterocycles. The van der Waals surface area contributed by atoms with Crippen LogP contribution in [0.25, 0.3) is 20.8 Å². The lowest BCUT2D eigenvalue weighted by atomic mass is 10.1. The fourth-order valence-corrected chi connectivity index (χ4v) is 3.69. The molecule has 146 valence electrons. The van der Waals surface area contributed by atoms with E-state index in [1.807, 2.05) is 24.3 Å². The number of hydrogen-bond acceptors (Lipinski definition) is 9. The van der Waals surface area contributed by atoms with Gasteiger partial charge in [-0.3, -0.25) is 9.59 Å². The van der Waals surface area contributed by atoms with E-state index >= 15 is 0 Å². The topological polar surface area (TPSA) is 154 Å². The maximum absolute atomic E-state index is 11.5. The Balaban J connectivity index is 1.72. The maximum Gasteiger partial charge on any atom is 0.306 e. The molecule has 0 spiro atoms. The molecular weight excluding hydrogens is 382 g/mol. The monoisotopic (exact) mass is 401 g/mol. The van der Waals surface area contributed by atoms with Crippen LogP contribution in [0, 0.1) is 0 Å². The van der Waals surface area contributed by atoms with Crippen LogP contribution in [0.15, 0.2) is 24.3 Å². The third-order valence-electron chi connectivity index (χ3n) is 3.90. The molecule has 0 aliphatic heterocycles. The number of nitrogens with two attached hydrogens (primary N) is 2. The summed E-state index contributed by atoms with van der Waals surface area (Å²) < 4.78 is 6.07. The summed E-state index contributed by atoms with van der Waals surface area (Å²) in [5.41, 5.74) is 14.0. The molecule has 2 heterocycles. The molecule has 3 aromatic rings. The lowest BCUT2D eigenvalue weighted by Gasteiger charge is -2.10. The molecule has 0 aliphatic carbocycles. The number of rotatable bonds is 8. The zero-order valence-electron chi connectivity index (χ0n) is 14.9. The van der Waals surface area contributed by atoms with Crippen molar-refractivity contribution in [2.75, 3.05) is 18.1 Å². The molecule has 0 saturated carbocycles. The zero-order valence-corrected chi connectivity index (χ0v) is 15.7. The minimum absolute atomic E-state index is 0.0656. The average molecular weight is 401 g/mol. The van der Waals surface area contributed by atoms with Crippen molar-refractivity contribution in [3.8, 4) is 10.6 Å². The minimum Gasteiger partial charge on any atom is -0.481 e. The molecule has 10 heteroatoms. The van der Waals surface area contributed by atoms with Crippen LogP contribution >= 0.6 is 11.3 Å². The van der Waals surface area contributed by atoms with Crippen molar-refractivity contribution in [2.45, 2.75) is 25.7 Å². The Labute approximate surface area is 164 Å². The van der Waals surface area contributed by atoms with Gasteiger partial charge in [-0.25, -0.2) is 9.97 Å². The first-order valence-corrected chi connectivity index (χ1v) is 9.41. The van der Waals surface area contributed by atoms with E-state index in [4.69, 9.17) is 21.3 Å². The summed E-state index contributed by atoms with van der Waals surface area (Å²) in [6.07, 6.45) is 0.528. The second-order valence-corrected chi connectivity index (χ2v) is 7.02. The predicted molar refractivity (Wildman–Crippen MR) is 106 cm³/mol.